The molecule has 2 N–H and O–H groups in total. The zero-order chi connectivity index (χ0) is 12.8. The average Bonchev–Trinajstić information content (AvgIpc) is 2.35. The van der Waals surface area contributed by atoms with Gasteiger partial charge in [0.05, 0.1) is 0 Å². The number of carboxylic acids is 1. The van der Waals surface area contributed by atoms with Crippen molar-refractivity contribution >= 4 is 23.6 Å². The van der Waals surface area contributed by atoms with E-state index in [0.29, 0.717) is 18.0 Å². The molecule has 0 unspecified atom stereocenters. The number of thioether (sulfide) groups is 1. The largest absolute Gasteiger partial charge is 0.478 e. The van der Waals surface area contributed by atoms with E-state index in [1.54, 1.807) is 6.92 Å². The highest BCUT2D eigenvalue weighted by molar-refractivity contribution is 7.99. The lowest BCUT2D eigenvalue weighted by Crippen LogP contribution is -2.32. The van der Waals surface area contributed by atoms with Crippen molar-refractivity contribution in [1.82, 2.24) is 5.32 Å². The molecule has 0 saturated carbocycles. The Balaban J connectivity index is 2.43. The van der Waals surface area contributed by atoms with Crippen molar-refractivity contribution < 1.29 is 14.7 Å². The van der Waals surface area contributed by atoms with Gasteiger partial charge in [-0.2, -0.15) is 11.8 Å². The third-order valence-electron chi connectivity index (χ3n) is 3.12. The zero-order valence-electron chi connectivity index (χ0n) is 10.3. The van der Waals surface area contributed by atoms with Crippen LogP contribution in [0.5, 0.6) is 0 Å². The van der Waals surface area contributed by atoms with Crippen molar-refractivity contribution in [3.8, 4) is 0 Å². The number of hydrogen-bond acceptors (Lipinski definition) is 3. The SMILES string of the molecule is CC(C(=O)O)=C(C)C(=O)NCC1CCSCC1. The first-order valence-electron chi connectivity index (χ1n) is 5.79. The normalized spacial score (nSPS) is 18.5. The van der Waals surface area contributed by atoms with Crippen LogP contribution in [-0.4, -0.2) is 35.0 Å². The molecule has 0 aromatic carbocycles. The van der Waals surface area contributed by atoms with E-state index in [4.69, 9.17) is 5.11 Å². The lowest BCUT2D eigenvalue weighted by Gasteiger charge is -2.21. The van der Waals surface area contributed by atoms with Gasteiger partial charge in [-0.15, -0.1) is 0 Å². The van der Waals surface area contributed by atoms with E-state index >= 15 is 0 Å². The van der Waals surface area contributed by atoms with E-state index in [9.17, 15) is 9.59 Å². The quantitative estimate of drug-likeness (QED) is 0.752. The Morgan fingerprint density at radius 3 is 2.35 bits per heavy atom. The molecule has 1 saturated heterocycles. The van der Waals surface area contributed by atoms with Crippen LogP contribution in [0.15, 0.2) is 11.1 Å². The summed E-state index contributed by atoms with van der Waals surface area (Å²) in [7, 11) is 0. The molecule has 96 valence electrons. The van der Waals surface area contributed by atoms with E-state index in [0.717, 1.165) is 24.3 Å². The van der Waals surface area contributed by atoms with Crippen LogP contribution in [0.4, 0.5) is 0 Å². The molecule has 5 heteroatoms. The number of carbonyl (C=O) groups excluding carboxylic acids is 1. The molecule has 0 radical (unpaired) electrons. The number of nitrogens with one attached hydrogen (secondary N) is 1. The fourth-order valence-corrected chi connectivity index (χ4v) is 2.85. The van der Waals surface area contributed by atoms with Crippen LogP contribution < -0.4 is 5.32 Å². The summed E-state index contributed by atoms with van der Waals surface area (Å²) in [5.74, 6) is 1.56. The van der Waals surface area contributed by atoms with E-state index < -0.39 is 5.97 Å². The molecule has 0 aromatic heterocycles. The number of carbonyl (C=O) groups is 2. The Morgan fingerprint density at radius 1 is 1.24 bits per heavy atom. The Hall–Kier alpha value is -0.970. The predicted octanol–water partition coefficient (Wildman–Crippen LogP) is 1.67. The Bertz CT molecular complexity index is 333. The van der Waals surface area contributed by atoms with Gasteiger partial charge in [0.25, 0.3) is 0 Å². The van der Waals surface area contributed by atoms with Crippen LogP contribution in [0, 0.1) is 5.92 Å². The molecule has 0 atom stereocenters. The van der Waals surface area contributed by atoms with Crippen molar-refractivity contribution in [2.24, 2.45) is 5.92 Å². The number of amides is 1. The monoisotopic (exact) mass is 257 g/mol. The van der Waals surface area contributed by atoms with Gasteiger partial charge in [-0.1, -0.05) is 0 Å². The molecular formula is C12H19NO3S. The Morgan fingerprint density at radius 2 is 1.82 bits per heavy atom. The summed E-state index contributed by atoms with van der Waals surface area (Å²) in [6.07, 6.45) is 2.26. The highest BCUT2D eigenvalue weighted by atomic mass is 32.2. The number of carboxylic acid groups (broad SMARTS) is 1. The minimum Gasteiger partial charge on any atom is -0.478 e. The molecule has 1 fully saturated rings. The number of hydrogen-bond donors (Lipinski definition) is 2. The van der Waals surface area contributed by atoms with Crippen molar-refractivity contribution in [2.45, 2.75) is 26.7 Å². The summed E-state index contributed by atoms with van der Waals surface area (Å²) < 4.78 is 0. The summed E-state index contributed by atoms with van der Waals surface area (Å²) >= 11 is 1.95. The first-order valence-corrected chi connectivity index (χ1v) is 6.94. The summed E-state index contributed by atoms with van der Waals surface area (Å²) in [5, 5.41) is 11.6. The predicted molar refractivity (Wildman–Crippen MR) is 69.1 cm³/mol. The van der Waals surface area contributed by atoms with Gasteiger partial charge >= 0.3 is 5.97 Å². The highest BCUT2D eigenvalue weighted by Crippen LogP contribution is 2.21. The van der Waals surface area contributed by atoms with Gasteiger partial charge in [0.2, 0.25) is 5.91 Å². The molecule has 0 aromatic rings. The third kappa shape index (κ3) is 4.42. The number of aliphatic carboxylic acids is 1. The van der Waals surface area contributed by atoms with Crippen LogP contribution in [0.25, 0.3) is 0 Å². The van der Waals surface area contributed by atoms with E-state index in [1.807, 2.05) is 11.8 Å². The summed E-state index contributed by atoms with van der Waals surface area (Å²) in [6.45, 7) is 3.66. The van der Waals surface area contributed by atoms with E-state index in [2.05, 4.69) is 5.32 Å². The lowest BCUT2D eigenvalue weighted by atomic mass is 10.0. The summed E-state index contributed by atoms with van der Waals surface area (Å²) in [5.41, 5.74) is 0.407. The standard InChI is InChI=1S/C12H19NO3S/c1-8(9(2)12(15)16)11(14)13-7-10-3-5-17-6-4-10/h10H,3-7H2,1-2H3,(H,13,14)(H,15,16). The molecule has 0 aliphatic carbocycles. The third-order valence-corrected chi connectivity index (χ3v) is 4.16. The van der Waals surface area contributed by atoms with E-state index in [-0.39, 0.29) is 11.5 Å². The highest BCUT2D eigenvalue weighted by Gasteiger charge is 2.16. The minimum atomic E-state index is -1.04. The average molecular weight is 257 g/mol. The summed E-state index contributed by atoms with van der Waals surface area (Å²) in [4.78, 5) is 22.4. The van der Waals surface area contributed by atoms with Gasteiger partial charge in [-0.25, -0.2) is 4.79 Å². The molecule has 1 aliphatic heterocycles. The van der Waals surface area contributed by atoms with Crippen molar-refractivity contribution in [3.05, 3.63) is 11.1 Å². The Kier molecular flexibility index (Phi) is 5.55. The fraction of sp³-hybridized carbons (Fsp3) is 0.667. The van der Waals surface area contributed by atoms with Gasteiger partial charge in [-0.3, -0.25) is 4.79 Å². The first kappa shape index (κ1) is 14.1. The minimum absolute atomic E-state index is 0.113. The van der Waals surface area contributed by atoms with Crippen molar-refractivity contribution in [1.29, 1.82) is 0 Å². The van der Waals surface area contributed by atoms with Gasteiger partial charge in [0, 0.05) is 17.7 Å². The molecule has 0 bridgehead atoms. The second-order valence-corrected chi connectivity index (χ2v) is 5.55. The molecule has 17 heavy (non-hydrogen) atoms. The van der Waals surface area contributed by atoms with E-state index in [1.165, 1.54) is 6.92 Å². The molecular weight excluding hydrogens is 238 g/mol. The van der Waals surface area contributed by atoms with Gasteiger partial charge in [0.15, 0.2) is 0 Å². The van der Waals surface area contributed by atoms with Crippen LogP contribution in [0.3, 0.4) is 0 Å². The second kappa shape index (κ2) is 6.69. The van der Waals surface area contributed by atoms with Crippen molar-refractivity contribution in [2.75, 3.05) is 18.1 Å². The van der Waals surface area contributed by atoms with Crippen LogP contribution >= 0.6 is 11.8 Å². The maximum Gasteiger partial charge on any atom is 0.331 e. The molecule has 0 spiro atoms. The molecule has 4 nitrogen and oxygen atoms in total. The Labute approximate surface area is 106 Å². The molecule has 1 rings (SSSR count). The van der Waals surface area contributed by atoms with Crippen LogP contribution in [0.1, 0.15) is 26.7 Å². The maximum absolute atomic E-state index is 11.7. The fourth-order valence-electron chi connectivity index (χ4n) is 1.65. The van der Waals surface area contributed by atoms with Crippen molar-refractivity contribution in [3.63, 3.8) is 0 Å². The maximum atomic E-state index is 11.7. The second-order valence-electron chi connectivity index (χ2n) is 4.32. The van der Waals surface area contributed by atoms with Gasteiger partial charge in [-0.05, 0) is 44.1 Å². The lowest BCUT2D eigenvalue weighted by molar-refractivity contribution is -0.133. The van der Waals surface area contributed by atoms with Gasteiger partial charge < -0.3 is 10.4 Å². The topological polar surface area (TPSA) is 66.4 Å². The summed E-state index contributed by atoms with van der Waals surface area (Å²) in [6, 6.07) is 0. The molecule has 1 amide bonds. The zero-order valence-corrected chi connectivity index (χ0v) is 11.1. The first-order chi connectivity index (χ1) is 8.02. The molecule has 1 aliphatic rings. The van der Waals surface area contributed by atoms with Crippen LogP contribution in [0.2, 0.25) is 0 Å². The smallest absolute Gasteiger partial charge is 0.331 e. The van der Waals surface area contributed by atoms with Crippen LogP contribution in [-0.2, 0) is 9.59 Å². The molecule has 1 heterocycles. The number of rotatable bonds is 4. The van der Waals surface area contributed by atoms with Gasteiger partial charge in [0.1, 0.15) is 0 Å².